The molecule has 1 unspecified atom stereocenters. The zero-order valence-electron chi connectivity index (χ0n) is 11.2. The smallest absolute Gasteiger partial charge is 0.240 e. The standard InChI is InChI=1S/C12H23N3O2/c1-12(2,3)10(14)11(16)15(7-5-6-13)8-9-17-4/h10H,5,7-9,14H2,1-4H3. The van der Waals surface area contributed by atoms with Crippen LogP contribution in [-0.4, -0.2) is 43.7 Å². The third-order valence-electron chi connectivity index (χ3n) is 2.57. The van der Waals surface area contributed by atoms with Gasteiger partial charge in [-0.2, -0.15) is 5.26 Å². The molecule has 0 aliphatic heterocycles. The molecule has 17 heavy (non-hydrogen) atoms. The van der Waals surface area contributed by atoms with Crippen LogP contribution >= 0.6 is 0 Å². The number of nitrogens with zero attached hydrogens (tertiary/aromatic N) is 2. The summed E-state index contributed by atoms with van der Waals surface area (Å²) in [6, 6.07) is 1.47. The molecule has 5 heteroatoms. The summed E-state index contributed by atoms with van der Waals surface area (Å²) in [6.45, 7) is 7.11. The maximum absolute atomic E-state index is 12.1. The van der Waals surface area contributed by atoms with Gasteiger partial charge < -0.3 is 15.4 Å². The van der Waals surface area contributed by atoms with Gasteiger partial charge in [-0.15, -0.1) is 0 Å². The fraction of sp³-hybridized carbons (Fsp3) is 0.833. The summed E-state index contributed by atoms with van der Waals surface area (Å²) in [5.74, 6) is -0.121. The van der Waals surface area contributed by atoms with Crippen molar-refractivity contribution < 1.29 is 9.53 Å². The molecule has 0 aromatic heterocycles. The van der Waals surface area contributed by atoms with Gasteiger partial charge in [0.1, 0.15) is 0 Å². The molecule has 0 heterocycles. The first kappa shape index (κ1) is 15.9. The number of nitriles is 1. The van der Waals surface area contributed by atoms with Crippen LogP contribution in [0.1, 0.15) is 27.2 Å². The Hall–Kier alpha value is -1.12. The molecular weight excluding hydrogens is 218 g/mol. The van der Waals surface area contributed by atoms with E-state index in [-0.39, 0.29) is 11.3 Å². The number of carbonyl (C=O) groups is 1. The molecule has 0 saturated carbocycles. The van der Waals surface area contributed by atoms with Crippen molar-refractivity contribution in [3.05, 3.63) is 0 Å². The van der Waals surface area contributed by atoms with Gasteiger partial charge in [0.25, 0.3) is 0 Å². The van der Waals surface area contributed by atoms with Crippen LogP contribution in [0.5, 0.6) is 0 Å². The molecule has 0 radical (unpaired) electrons. The number of carbonyl (C=O) groups excluding carboxylic acids is 1. The van der Waals surface area contributed by atoms with Crippen LogP contribution in [0.4, 0.5) is 0 Å². The van der Waals surface area contributed by atoms with E-state index >= 15 is 0 Å². The van der Waals surface area contributed by atoms with Gasteiger partial charge in [0, 0.05) is 20.2 Å². The maximum Gasteiger partial charge on any atom is 0.240 e. The second-order valence-corrected chi connectivity index (χ2v) is 5.07. The second kappa shape index (κ2) is 7.25. The van der Waals surface area contributed by atoms with Crippen LogP contribution in [0.25, 0.3) is 0 Å². The molecule has 0 bridgehead atoms. The Morgan fingerprint density at radius 2 is 2.06 bits per heavy atom. The van der Waals surface area contributed by atoms with Gasteiger partial charge in [0.15, 0.2) is 0 Å². The summed E-state index contributed by atoms with van der Waals surface area (Å²) >= 11 is 0. The van der Waals surface area contributed by atoms with E-state index in [9.17, 15) is 4.79 Å². The van der Waals surface area contributed by atoms with Gasteiger partial charge in [-0.25, -0.2) is 0 Å². The quantitative estimate of drug-likeness (QED) is 0.744. The van der Waals surface area contributed by atoms with Gasteiger partial charge >= 0.3 is 0 Å². The highest BCUT2D eigenvalue weighted by molar-refractivity contribution is 5.82. The number of methoxy groups -OCH3 is 1. The van der Waals surface area contributed by atoms with E-state index < -0.39 is 6.04 Å². The van der Waals surface area contributed by atoms with Crippen molar-refractivity contribution in [3.8, 4) is 6.07 Å². The first-order valence-electron chi connectivity index (χ1n) is 5.74. The van der Waals surface area contributed by atoms with E-state index in [1.54, 1.807) is 12.0 Å². The summed E-state index contributed by atoms with van der Waals surface area (Å²) in [7, 11) is 1.58. The normalized spacial score (nSPS) is 12.9. The summed E-state index contributed by atoms with van der Waals surface area (Å²) in [5, 5.41) is 8.57. The zero-order valence-corrected chi connectivity index (χ0v) is 11.2. The third kappa shape index (κ3) is 5.66. The minimum Gasteiger partial charge on any atom is -0.383 e. The van der Waals surface area contributed by atoms with E-state index in [4.69, 9.17) is 15.7 Å². The summed E-state index contributed by atoms with van der Waals surface area (Å²) in [6.07, 6.45) is 0.312. The third-order valence-corrected chi connectivity index (χ3v) is 2.57. The Balaban J connectivity index is 4.56. The van der Waals surface area contributed by atoms with Gasteiger partial charge in [-0.1, -0.05) is 20.8 Å². The lowest BCUT2D eigenvalue weighted by molar-refractivity contribution is -0.135. The topological polar surface area (TPSA) is 79.3 Å². The van der Waals surface area contributed by atoms with Crippen molar-refractivity contribution in [3.63, 3.8) is 0 Å². The molecule has 0 rings (SSSR count). The first-order chi connectivity index (χ1) is 7.84. The van der Waals surface area contributed by atoms with Crippen LogP contribution in [0, 0.1) is 16.7 Å². The molecule has 0 aromatic rings. The molecule has 5 nitrogen and oxygen atoms in total. The number of hydrogen-bond donors (Lipinski definition) is 1. The van der Waals surface area contributed by atoms with E-state index in [0.717, 1.165) is 0 Å². The van der Waals surface area contributed by atoms with Crippen LogP contribution in [0.2, 0.25) is 0 Å². The van der Waals surface area contributed by atoms with Crippen molar-refractivity contribution >= 4 is 5.91 Å². The molecule has 0 fully saturated rings. The lowest BCUT2D eigenvalue weighted by atomic mass is 9.86. The molecule has 0 spiro atoms. The zero-order chi connectivity index (χ0) is 13.5. The first-order valence-corrected chi connectivity index (χ1v) is 5.74. The van der Waals surface area contributed by atoms with Gasteiger partial charge in [-0.3, -0.25) is 4.79 Å². The van der Waals surface area contributed by atoms with Crippen molar-refractivity contribution in [2.24, 2.45) is 11.1 Å². The molecule has 0 saturated heterocycles. The molecule has 1 atom stereocenters. The molecule has 98 valence electrons. The predicted octanol–water partition coefficient (Wildman–Crippen LogP) is 0.748. The molecular formula is C12H23N3O2. The van der Waals surface area contributed by atoms with Crippen molar-refractivity contribution in [1.82, 2.24) is 4.90 Å². The summed E-state index contributed by atoms with van der Waals surface area (Å²) in [4.78, 5) is 13.7. The number of ether oxygens (including phenoxy) is 1. The molecule has 0 aromatic carbocycles. The molecule has 2 N–H and O–H groups in total. The highest BCUT2D eigenvalue weighted by Gasteiger charge is 2.30. The van der Waals surface area contributed by atoms with Crippen molar-refractivity contribution in [1.29, 1.82) is 5.26 Å². The highest BCUT2D eigenvalue weighted by Crippen LogP contribution is 2.19. The minimum atomic E-state index is -0.557. The Morgan fingerprint density at radius 1 is 1.47 bits per heavy atom. The summed E-state index contributed by atoms with van der Waals surface area (Å²) < 4.78 is 4.95. The van der Waals surface area contributed by atoms with E-state index in [0.29, 0.717) is 26.1 Å². The fourth-order valence-corrected chi connectivity index (χ4v) is 1.29. The fourth-order valence-electron chi connectivity index (χ4n) is 1.29. The van der Waals surface area contributed by atoms with Crippen molar-refractivity contribution in [2.45, 2.75) is 33.2 Å². The van der Waals surface area contributed by atoms with Crippen molar-refractivity contribution in [2.75, 3.05) is 26.8 Å². The number of rotatable bonds is 6. The van der Waals surface area contributed by atoms with E-state index in [2.05, 4.69) is 0 Å². The largest absolute Gasteiger partial charge is 0.383 e. The van der Waals surface area contributed by atoms with Crippen LogP contribution in [-0.2, 0) is 9.53 Å². The van der Waals surface area contributed by atoms with Gasteiger partial charge in [0.05, 0.1) is 25.1 Å². The molecule has 0 aliphatic rings. The van der Waals surface area contributed by atoms with E-state index in [1.165, 1.54) is 0 Å². The summed E-state index contributed by atoms with van der Waals surface area (Å²) in [5.41, 5.74) is 5.64. The van der Waals surface area contributed by atoms with Crippen LogP contribution < -0.4 is 5.73 Å². The number of nitrogens with two attached hydrogens (primary N) is 1. The Kier molecular flexibility index (Phi) is 6.78. The van der Waals surface area contributed by atoms with E-state index in [1.807, 2.05) is 26.8 Å². The van der Waals surface area contributed by atoms with Crippen LogP contribution in [0.3, 0.4) is 0 Å². The maximum atomic E-state index is 12.1. The lowest BCUT2D eigenvalue weighted by Gasteiger charge is -2.31. The van der Waals surface area contributed by atoms with Crippen LogP contribution in [0.15, 0.2) is 0 Å². The van der Waals surface area contributed by atoms with Gasteiger partial charge in [-0.05, 0) is 5.41 Å². The second-order valence-electron chi connectivity index (χ2n) is 5.07. The Morgan fingerprint density at radius 3 is 2.47 bits per heavy atom. The lowest BCUT2D eigenvalue weighted by Crippen LogP contribution is -2.51. The highest BCUT2D eigenvalue weighted by atomic mass is 16.5. The molecule has 0 aliphatic carbocycles. The minimum absolute atomic E-state index is 0.121. The van der Waals surface area contributed by atoms with Gasteiger partial charge in [0.2, 0.25) is 5.91 Å². The average molecular weight is 241 g/mol. The predicted molar refractivity (Wildman–Crippen MR) is 66.1 cm³/mol. The number of hydrogen-bond acceptors (Lipinski definition) is 4. The Labute approximate surface area is 104 Å². The monoisotopic (exact) mass is 241 g/mol. The average Bonchev–Trinajstić information content (AvgIpc) is 2.26. The number of amides is 1. The Bertz CT molecular complexity index is 278. The molecule has 1 amide bonds. The SMILES string of the molecule is COCCN(CCC#N)C(=O)C(N)C(C)(C)C.